The molecular formula is C25H27ClN2O4S. The van der Waals surface area contributed by atoms with Gasteiger partial charge in [0.15, 0.2) is 0 Å². The lowest BCUT2D eigenvalue weighted by molar-refractivity contribution is -0.117. The molecule has 0 aromatic heterocycles. The van der Waals surface area contributed by atoms with Crippen LogP contribution < -0.4 is 14.8 Å². The molecule has 0 saturated carbocycles. The van der Waals surface area contributed by atoms with Gasteiger partial charge in [0.1, 0.15) is 11.8 Å². The Bertz CT molecular complexity index is 1230. The molecule has 6 nitrogen and oxygen atoms in total. The highest BCUT2D eigenvalue weighted by Gasteiger charge is 2.27. The minimum atomic E-state index is -4.04. The highest BCUT2D eigenvalue weighted by Crippen LogP contribution is 2.27. The monoisotopic (exact) mass is 486 g/mol. The van der Waals surface area contributed by atoms with E-state index < -0.39 is 22.0 Å². The molecule has 33 heavy (non-hydrogen) atoms. The molecule has 0 spiro atoms. The van der Waals surface area contributed by atoms with Crippen LogP contribution in [-0.2, 0) is 21.2 Å². The summed E-state index contributed by atoms with van der Waals surface area (Å²) in [4.78, 5) is 13.1. The van der Waals surface area contributed by atoms with Gasteiger partial charge in [-0.15, -0.1) is 0 Å². The summed E-state index contributed by atoms with van der Waals surface area (Å²) < 4.78 is 34.2. The van der Waals surface area contributed by atoms with Gasteiger partial charge in [-0.05, 0) is 74.2 Å². The zero-order valence-corrected chi connectivity index (χ0v) is 20.3. The SMILES string of the molecule is CCOc1ccc(S(=O)(=O)NC(Cc2ccccc2)C(=O)Nc2ccc(C)c(C)c2)cc1Cl. The molecule has 1 amide bonds. The summed E-state index contributed by atoms with van der Waals surface area (Å²) in [6.45, 7) is 6.15. The van der Waals surface area contributed by atoms with E-state index in [-0.39, 0.29) is 16.3 Å². The van der Waals surface area contributed by atoms with Gasteiger partial charge in [0.2, 0.25) is 15.9 Å². The molecule has 0 aliphatic carbocycles. The number of amides is 1. The second-order valence-electron chi connectivity index (χ2n) is 7.68. The maximum absolute atomic E-state index is 13.1. The highest BCUT2D eigenvalue weighted by atomic mass is 35.5. The van der Waals surface area contributed by atoms with E-state index in [0.717, 1.165) is 16.7 Å². The van der Waals surface area contributed by atoms with Crippen LogP contribution >= 0.6 is 11.6 Å². The number of benzene rings is 3. The predicted molar refractivity (Wildman–Crippen MR) is 131 cm³/mol. The summed E-state index contributed by atoms with van der Waals surface area (Å²) >= 11 is 6.18. The molecule has 3 aromatic carbocycles. The summed E-state index contributed by atoms with van der Waals surface area (Å²) in [5, 5.41) is 3.01. The van der Waals surface area contributed by atoms with Gasteiger partial charge in [-0.2, -0.15) is 4.72 Å². The Morgan fingerprint density at radius 3 is 2.36 bits per heavy atom. The van der Waals surface area contributed by atoms with Crippen molar-refractivity contribution in [3.05, 3.63) is 88.4 Å². The number of hydrogen-bond donors (Lipinski definition) is 2. The molecule has 0 bridgehead atoms. The van der Waals surface area contributed by atoms with Gasteiger partial charge >= 0.3 is 0 Å². The number of rotatable bonds is 9. The first kappa shape index (κ1) is 24.8. The molecule has 8 heteroatoms. The molecule has 1 unspecified atom stereocenters. The van der Waals surface area contributed by atoms with Crippen LogP contribution in [0, 0.1) is 13.8 Å². The van der Waals surface area contributed by atoms with Crippen molar-refractivity contribution in [3.63, 3.8) is 0 Å². The zero-order chi connectivity index (χ0) is 24.0. The average Bonchev–Trinajstić information content (AvgIpc) is 2.78. The van der Waals surface area contributed by atoms with Crippen molar-refractivity contribution >= 4 is 33.2 Å². The van der Waals surface area contributed by atoms with Crippen LogP contribution in [0.25, 0.3) is 0 Å². The molecule has 0 aliphatic rings. The largest absolute Gasteiger partial charge is 0.492 e. The van der Waals surface area contributed by atoms with E-state index in [1.807, 2.05) is 63.2 Å². The average molecular weight is 487 g/mol. The van der Waals surface area contributed by atoms with E-state index in [4.69, 9.17) is 16.3 Å². The summed E-state index contributed by atoms with van der Waals surface area (Å²) in [5.41, 5.74) is 3.55. The lowest BCUT2D eigenvalue weighted by Crippen LogP contribution is -2.45. The van der Waals surface area contributed by atoms with Gasteiger partial charge in [0, 0.05) is 5.69 Å². The maximum atomic E-state index is 13.1. The molecule has 0 heterocycles. The van der Waals surface area contributed by atoms with Crippen molar-refractivity contribution in [3.8, 4) is 5.75 Å². The van der Waals surface area contributed by atoms with Crippen LogP contribution in [0.4, 0.5) is 5.69 Å². The first-order valence-corrected chi connectivity index (χ1v) is 12.4. The lowest BCUT2D eigenvalue weighted by Gasteiger charge is -2.19. The number of carbonyl (C=O) groups is 1. The van der Waals surface area contributed by atoms with E-state index in [0.29, 0.717) is 18.0 Å². The maximum Gasteiger partial charge on any atom is 0.242 e. The zero-order valence-electron chi connectivity index (χ0n) is 18.8. The number of anilines is 1. The van der Waals surface area contributed by atoms with Gasteiger partial charge in [-0.1, -0.05) is 48.0 Å². The van der Waals surface area contributed by atoms with E-state index in [2.05, 4.69) is 10.0 Å². The molecule has 3 aromatic rings. The summed E-state index contributed by atoms with van der Waals surface area (Å²) in [6.07, 6.45) is 0.182. The van der Waals surface area contributed by atoms with Crippen molar-refractivity contribution in [1.29, 1.82) is 0 Å². The molecule has 174 valence electrons. The normalized spacial score (nSPS) is 12.2. The molecule has 0 aliphatic heterocycles. The number of nitrogens with one attached hydrogen (secondary N) is 2. The second-order valence-corrected chi connectivity index (χ2v) is 9.80. The quantitative estimate of drug-likeness (QED) is 0.451. The number of hydrogen-bond acceptors (Lipinski definition) is 4. The first-order chi connectivity index (χ1) is 15.7. The Hall–Kier alpha value is -2.87. The molecule has 0 saturated heterocycles. The third-order valence-electron chi connectivity index (χ3n) is 5.18. The van der Waals surface area contributed by atoms with Gasteiger partial charge < -0.3 is 10.1 Å². The second kappa shape index (κ2) is 10.8. The van der Waals surface area contributed by atoms with E-state index in [1.54, 1.807) is 6.07 Å². The fourth-order valence-electron chi connectivity index (χ4n) is 3.26. The van der Waals surface area contributed by atoms with E-state index in [1.165, 1.54) is 18.2 Å². The Kier molecular flexibility index (Phi) is 8.13. The Labute approximate surface area is 200 Å². The predicted octanol–water partition coefficient (Wildman–Crippen LogP) is 4.88. The van der Waals surface area contributed by atoms with Crippen molar-refractivity contribution in [1.82, 2.24) is 4.72 Å². The van der Waals surface area contributed by atoms with E-state index >= 15 is 0 Å². The van der Waals surface area contributed by atoms with Crippen LogP contribution in [-0.4, -0.2) is 27.0 Å². The van der Waals surface area contributed by atoms with E-state index in [9.17, 15) is 13.2 Å². The van der Waals surface area contributed by atoms with Crippen LogP contribution in [0.5, 0.6) is 5.75 Å². The number of ether oxygens (including phenoxy) is 1. The highest BCUT2D eigenvalue weighted by molar-refractivity contribution is 7.89. The third-order valence-corrected chi connectivity index (χ3v) is 6.95. The Balaban J connectivity index is 1.87. The van der Waals surface area contributed by atoms with Crippen LogP contribution in [0.2, 0.25) is 5.02 Å². The van der Waals surface area contributed by atoms with Gasteiger partial charge in [-0.25, -0.2) is 8.42 Å². The topological polar surface area (TPSA) is 84.5 Å². The third kappa shape index (κ3) is 6.57. The molecule has 3 rings (SSSR count). The smallest absolute Gasteiger partial charge is 0.242 e. The minimum absolute atomic E-state index is 0.0482. The van der Waals surface area contributed by atoms with Crippen molar-refractivity contribution < 1.29 is 17.9 Å². The molecule has 1 atom stereocenters. The Morgan fingerprint density at radius 1 is 1.00 bits per heavy atom. The fourth-order valence-corrected chi connectivity index (χ4v) is 4.78. The standard InChI is InChI=1S/C25H27ClN2O4S/c1-4-32-24-13-12-21(16-22(24)26)33(30,31)28-23(15-19-8-6-5-7-9-19)25(29)27-20-11-10-17(2)18(3)14-20/h5-14,16,23,28H,4,15H2,1-3H3,(H,27,29). The number of carbonyl (C=O) groups excluding carboxylic acids is 1. The van der Waals surface area contributed by atoms with Gasteiger partial charge in [0.25, 0.3) is 0 Å². The minimum Gasteiger partial charge on any atom is -0.492 e. The summed E-state index contributed by atoms with van der Waals surface area (Å²) in [6, 6.07) is 18.0. The van der Waals surface area contributed by atoms with Gasteiger partial charge in [-0.3, -0.25) is 4.79 Å². The lowest BCUT2D eigenvalue weighted by atomic mass is 10.1. The van der Waals surface area contributed by atoms with Crippen molar-refractivity contribution in [2.45, 2.75) is 38.1 Å². The van der Waals surface area contributed by atoms with Crippen LogP contribution in [0.3, 0.4) is 0 Å². The van der Waals surface area contributed by atoms with Crippen molar-refractivity contribution in [2.75, 3.05) is 11.9 Å². The number of aryl methyl sites for hydroxylation is 2. The Morgan fingerprint density at radius 2 is 1.73 bits per heavy atom. The summed E-state index contributed by atoms with van der Waals surface area (Å²) in [7, 11) is -4.04. The number of halogens is 1. The molecule has 0 radical (unpaired) electrons. The van der Waals surface area contributed by atoms with Crippen molar-refractivity contribution in [2.24, 2.45) is 0 Å². The fraction of sp³-hybridized carbons (Fsp3) is 0.240. The molecular weight excluding hydrogens is 460 g/mol. The van der Waals surface area contributed by atoms with Gasteiger partial charge in [0.05, 0.1) is 16.5 Å². The van der Waals surface area contributed by atoms with Crippen LogP contribution in [0.15, 0.2) is 71.6 Å². The van der Waals surface area contributed by atoms with Crippen LogP contribution in [0.1, 0.15) is 23.6 Å². The molecule has 2 N–H and O–H groups in total. The first-order valence-electron chi connectivity index (χ1n) is 10.6. The molecule has 0 fully saturated rings. The number of sulfonamides is 1. The summed E-state index contributed by atoms with van der Waals surface area (Å²) in [5.74, 6) is -0.0610.